The maximum Gasteiger partial charge on any atom is 0.161 e. The molecule has 1 rings (SSSR count). The van der Waals surface area contributed by atoms with Crippen molar-refractivity contribution < 1.29 is 17.9 Å². The Morgan fingerprint density at radius 2 is 1.71 bits per heavy atom. The molecule has 120 valence electrons. The number of rotatable bonds is 7. The molecule has 0 unspecified atom stereocenters. The molecule has 1 aromatic carbocycles. The number of hydrogen-bond acceptors (Lipinski definition) is 5. The molecule has 0 aromatic heterocycles. The number of halogens is 1. The van der Waals surface area contributed by atoms with Gasteiger partial charge in [0.1, 0.15) is 0 Å². The molecular weight excluding hydrogens is 358 g/mol. The Hall–Kier alpha value is -0.790. The second kappa shape index (κ2) is 6.98. The molecule has 0 radical (unpaired) electrons. The first-order valence-corrected chi connectivity index (χ1v) is 9.11. The molecule has 0 spiro atoms. The Morgan fingerprint density at radius 3 is 2.19 bits per heavy atom. The standard InChI is InChI=1S/C14H22BrNO4S/c1-14(2,21(5,17)18)9-16-8-10-6-12(19-3)13(20-4)7-11(10)15/h6-7,16H,8-9H2,1-5H3. The third-order valence-corrected chi connectivity index (χ3v) is 6.31. The Bertz CT molecular complexity index is 599. The van der Waals surface area contributed by atoms with Crippen LogP contribution >= 0.6 is 15.9 Å². The lowest BCUT2D eigenvalue weighted by molar-refractivity contribution is 0.354. The quantitative estimate of drug-likeness (QED) is 0.787. The molecule has 21 heavy (non-hydrogen) atoms. The Morgan fingerprint density at radius 1 is 1.19 bits per heavy atom. The normalized spacial score (nSPS) is 12.3. The van der Waals surface area contributed by atoms with Crippen molar-refractivity contribution in [1.29, 1.82) is 0 Å². The van der Waals surface area contributed by atoms with Crippen LogP contribution in [0, 0.1) is 0 Å². The van der Waals surface area contributed by atoms with Crippen LogP contribution in [0.1, 0.15) is 19.4 Å². The van der Waals surface area contributed by atoms with Crippen molar-refractivity contribution in [1.82, 2.24) is 5.32 Å². The van der Waals surface area contributed by atoms with Gasteiger partial charge in [0.15, 0.2) is 21.3 Å². The molecule has 5 nitrogen and oxygen atoms in total. The van der Waals surface area contributed by atoms with Crippen LogP contribution < -0.4 is 14.8 Å². The molecular formula is C14H22BrNO4S. The molecule has 0 heterocycles. The SMILES string of the molecule is COc1cc(Br)c(CNCC(C)(C)S(C)(=O)=O)cc1OC. The van der Waals surface area contributed by atoms with Crippen molar-refractivity contribution >= 4 is 25.8 Å². The topological polar surface area (TPSA) is 64.6 Å². The van der Waals surface area contributed by atoms with Crippen molar-refractivity contribution in [2.24, 2.45) is 0 Å². The molecule has 0 atom stereocenters. The minimum atomic E-state index is -3.11. The van der Waals surface area contributed by atoms with E-state index in [0.29, 0.717) is 24.6 Å². The lowest BCUT2D eigenvalue weighted by Crippen LogP contribution is -2.41. The monoisotopic (exact) mass is 379 g/mol. The second-order valence-corrected chi connectivity index (χ2v) is 8.94. The number of benzene rings is 1. The first-order chi connectivity index (χ1) is 9.62. The van der Waals surface area contributed by atoms with E-state index in [-0.39, 0.29) is 0 Å². The fourth-order valence-corrected chi connectivity index (χ4v) is 2.49. The number of hydrogen-bond donors (Lipinski definition) is 1. The fourth-order valence-electron chi connectivity index (χ4n) is 1.66. The zero-order valence-corrected chi connectivity index (χ0v) is 15.4. The molecule has 0 aliphatic heterocycles. The van der Waals surface area contributed by atoms with Gasteiger partial charge in [-0.3, -0.25) is 0 Å². The van der Waals surface area contributed by atoms with E-state index in [0.717, 1.165) is 10.0 Å². The summed E-state index contributed by atoms with van der Waals surface area (Å²) in [5.74, 6) is 1.28. The number of ether oxygens (including phenoxy) is 2. The summed E-state index contributed by atoms with van der Waals surface area (Å²) >= 11 is 3.48. The van der Waals surface area contributed by atoms with Crippen LogP contribution in [0.2, 0.25) is 0 Å². The molecule has 0 aliphatic carbocycles. The van der Waals surface area contributed by atoms with Gasteiger partial charge in [-0.05, 0) is 31.5 Å². The molecule has 0 amide bonds. The second-order valence-electron chi connectivity index (χ2n) is 5.43. The van der Waals surface area contributed by atoms with Gasteiger partial charge in [0.2, 0.25) is 0 Å². The Balaban J connectivity index is 2.81. The van der Waals surface area contributed by atoms with E-state index < -0.39 is 14.6 Å². The van der Waals surface area contributed by atoms with Crippen LogP contribution in [0.3, 0.4) is 0 Å². The van der Waals surface area contributed by atoms with Crippen molar-refractivity contribution in [2.45, 2.75) is 25.1 Å². The minimum Gasteiger partial charge on any atom is -0.493 e. The van der Waals surface area contributed by atoms with Gasteiger partial charge in [-0.15, -0.1) is 0 Å². The predicted molar refractivity (Wildman–Crippen MR) is 87.9 cm³/mol. The summed E-state index contributed by atoms with van der Waals surface area (Å²) in [6.07, 6.45) is 1.25. The van der Waals surface area contributed by atoms with Gasteiger partial charge in [-0.2, -0.15) is 0 Å². The van der Waals surface area contributed by atoms with Crippen molar-refractivity contribution in [3.8, 4) is 11.5 Å². The van der Waals surface area contributed by atoms with E-state index in [4.69, 9.17) is 9.47 Å². The van der Waals surface area contributed by atoms with E-state index in [1.165, 1.54) is 6.26 Å². The largest absolute Gasteiger partial charge is 0.493 e. The summed E-state index contributed by atoms with van der Waals surface area (Å²) in [6.45, 7) is 4.31. The first-order valence-electron chi connectivity index (χ1n) is 6.43. The van der Waals surface area contributed by atoms with Crippen LogP contribution in [-0.2, 0) is 16.4 Å². The lowest BCUT2D eigenvalue weighted by Gasteiger charge is -2.23. The smallest absolute Gasteiger partial charge is 0.161 e. The summed E-state index contributed by atoms with van der Waals surface area (Å²) in [7, 11) is 0.0500. The van der Waals surface area contributed by atoms with Gasteiger partial charge in [0.05, 0.1) is 19.0 Å². The summed E-state index contributed by atoms with van der Waals surface area (Å²) in [5, 5.41) is 3.17. The van der Waals surface area contributed by atoms with E-state index in [1.54, 1.807) is 28.1 Å². The van der Waals surface area contributed by atoms with Crippen LogP contribution in [0.4, 0.5) is 0 Å². The van der Waals surface area contributed by atoms with E-state index in [1.807, 2.05) is 12.1 Å². The average molecular weight is 380 g/mol. The highest BCUT2D eigenvalue weighted by molar-refractivity contribution is 9.10. The van der Waals surface area contributed by atoms with E-state index >= 15 is 0 Å². The van der Waals surface area contributed by atoms with Crippen LogP contribution in [0.5, 0.6) is 11.5 Å². The highest BCUT2D eigenvalue weighted by Gasteiger charge is 2.29. The van der Waals surface area contributed by atoms with E-state index in [2.05, 4.69) is 21.2 Å². The third-order valence-electron chi connectivity index (χ3n) is 3.42. The van der Waals surface area contributed by atoms with Crippen molar-refractivity contribution in [2.75, 3.05) is 27.0 Å². The molecule has 1 aromatic rings. The van der Waals surface area contributed by atoms with Crippen LogP contribution in [-0.4, -0.2) is 40.2 Å². The van der Waals surface area contributed by atoms with Crippen molar-refractivity contribution in [3.63, 3.8) is 0 Å². The summed E-state index contributed by atoms with van der Waals surface area (Å²) in [6, 6.07) is 3.70. The first kappa shape index (κ1) is 18.3. The van der Waals surface area contributed by atoms with Gasteiger partial charge in [0, 0.05) is 23.8 Å². The zero-order valence-electron chi connectivity index (χ0n) is 13.0. The van der Waals surface area contributed by atoms with Gasteiger partial charge in [0.25, 0.3) is 0 Å². The number of methoxy groups -OCH3 is 2. The predicted octanol–water partition coefficient (Wildman–Crippen LogP) is 2.38. The van der Waals surface area contributed by atoms with Gasteiger partial charge >= 0.3 is 0 Å². The highest BCUT2D eigenvalue weighted by atomic mass is 79.9. The fraction of sp³-hybridized carbons (Fsp3) is 0.571. The maximum absolute atomic E-state index is 11.7. The summed E-state index contributed by atoms with van der Waals surface area (Å²) < 4.78 is 33.9. The molecule has 0 fully saturated rings. The lowest BCUT2D eigenvalue weighted by atomic mass is 10.1. The third kappa shape index (κ3) is 4.59. The highest BCUT2D eigenvalue weighted by Crippen LogP contribution is 2.33. The Kier molecular flexibility index (Phi) is 6.07. The molecule has 0 bridgehead atoms. The summed E-state index contributed by atoms with van der Waals surface area (Å²) in [4.78, 5) is 0. The number of nitrogens with one attached hydrogen (secondary N) is 1. The molecule has 0 saturated heterocycles. The molecule has 0 aliphatic rings. The van der Waals surface area contributed by atoms with E-state index in [9.17, 15) is 8.42 Å². The Labute approximate surface area is 135 Å². The summed E-state index contributed by atoms with van der Waals surface area (Å²) in [5.41, 5.74) is 0.969. The van der Waals surface area contributed by atoms with Gasteiger partial charge in [-0.25, -0.2) is 8.42 Å². The molecule has 7 heteroatoms. The van der Waals surface area contributed by atoms with Crippen molar-refractivity contribution in [3.05, 3.63) is 22.2 Å². The zero-order chi connectivity index (χ0) is 16.3. The average Bonchev–Trinajstić information content (AvgIpc) is 2.38. The van der Waals surface area contributed by atoms with Gasteiger partial charge in [-0.1, -0.05) is 15.9 Å². The van der Waals surface area contributed by atoms with Crippen LogP contribution in [0.25, 0.3) is 0 Å². The van der Waals surface area contributed by atoms with Gasteiger partial charge < -0.3 is 14.8 Å². The van der Waals surface area contributed by atoms with Crippen LogP contribution in [0.15, 0.2) is 16.6 Å². The number of sulfone groups is 1. The molecule has 0 saturated carbocycles. The molecule has 1 N–H and O–H groups in total. The maximum atomic E-state index is 11.7. The minimum absolute atomic E-state index is 0.368.